The Morgan fingerprint density at radius 3 is 2.36 bits per heavy atom. The molecule has 0 aliphatic carbocycles. The predicted molar refractivity (Wildman–Crippen MR) is 89.6 cm³/mol. The van der Waals surface area contributed by atoms with Gasteiger partial charge in [0.1, 0.15) is 12.4 Å². The van der Waals surface area contributed by atoms with Gasteiger partial charge >= 0.3 is 0 Å². The van der Waals surface area contributed by atoms with Crippen LogP contribution >= 0.6 is 0 Å². The van der Waals surface area contributed by atoms with Gasteiger partial charge < -0.3 is 14.4 Å². The van der Waals surface area contributed by atoms with E-state index in [1.54, 1.807) is 34.2 Å². The normalized spacial score (nSPS) is 14.4. The Hall–Kier alpha value is -2.96. The van der Waals surface area contributed by atoms with E-state index >= 15 is 0 Å². The number of piperazine rings is 1. The minimum atomic E-state index is -0.451. The molecule has 2 aromatic rings. The highest BCUT2D eigenvalue weighted by molar-refractivity contribution is 5.94. The fraction of sp³-hybridized carbons (Fsp3) is 0.278. The summed E-state index contributed by atoms with van der Waals surface area (Å²) in [6, 6.07) is 10.3. The van der Waals surface area contributed by atoms with Crippen molar-refractivity contribution < 1.29 is 14.0 Å². The van der Waals surface area contributed by atoms with Gasteiger partial charge in [0.2, 0.25) is 5.91 Å². The van der Waals surface area contributed by atoms with Crippen LogP contribution in [-0.4, -0.2) is 52.4 Å². The summed E-state index contributed by atoms with van der Waals surface area (Å²) in [4.78, 5) is 39.6. The van der Waals surface area contributed by atoms with Gasteiger partial charge in [-0.1, -0.05) is 12.1 Å². The van der Waals surface area contributed by atoms with E-state index in [0.717, 1.165) is 0 Å². The van der Waals surface area contributed by atoms with Crippen LogP contribution < -0.4 is 5.56 Å². The number of benzene rings is 1. The van der Waals surface area contributed by atoms with Crippen LogP contribution in [0.25, 0.3) is 0 Å². The van der Waals surface area contributed by atoms with Gasteiger partial charge in [-0.2, -0.15) is 0 Å². The lowest BCUT2D eigenvalue weighted by Crippen LogP contribution is -2.51. The second-order valence-electron chi connectivity index (χ2n) is 5.85. The Balaban J connectivity index is 1.58. The third-order valence-corrected chi connectivity index (χ3v) is 4.20. The second kappa shape index (κ2) is 7.29. The van der Waals surface area contributed by atoms with Crippen LogP contribution in [-0.2, 0) is 11.3 Å². The van der Waals surface area contributed by atoms with E-state index in [9.17, 15) is 18.8 Å². The maximum Gasteiger partial charge on any atom is 0.254 e. The third-order valence-electron chi connectivity index (χ3n) is 4.20. The predicted octanol–water partition coefficient (Wildman–Crippen LogP) is 0.972. The molecule has 130 valence electrons. The Morgan fingerprint density at radius 2 is 1.68 bits per heavy atom. The van der Waals surface area contributed by atoms with Crippen LogP contribution in [0.3, 0.4) is 0 Å². The van der Waals surface area contributed by atoms with Crippen LogP contribution in [0.4, 0.5) is 4.39 Å². The summed E-state index contributed by atoms with van der Waals surface area (Å²) in [5.74, 6) is -0.856. The third kappa shape index (κ3) is 3.93. The average molecular weight is 343 g/mol. The summed E-state index contributed by atoms with van der Waals surface area (Å²) in [5.41, 5.74) is 0.0754. The van der Waals surface area contributed by atoms with Crippen LogP contribution in [0.2, 0.25) is 0 Å². The summed E-state index contributed by atoms with van der Waals surface area (Å²) in [6.45, 7) is 1.52. The highest BCUT2D eigenvalue weighted by Gasteiger charge is 2.25. The number of carbonyl (C=O) groups excluding carboxylic acids is 2. The topological polar surface area (TPSA) is 62.6 Å². The molecule has 1 aromatic carbocycles. The number of carbonyl (C=O) groups is 2. The molecule has 0 radical (unpaired) electrons. The van der Waals surface area contributed by atoms with Crippen molar-refractivity contribution in [3.63, 3.8) is 0 Å². The Morgan fingerprint density at radius 1 is 0.960 bits per heavy atom. The summed E-state index contributed by atoms with van der Waals surface area (Å²) in [6.07, 6.45) is 1.57. The number of rotatable bonds is 3. The minimum absolute atomic E-state index is 0.0164. The molecule has 1 fully saturated rings. The van der Waals surface area contributed by atoms with Gasteiger partial charge in [0.25, 0.3) is 11.5 Å². The molecular formula is C18H18FN3O3. The van der Waals surface area contributed by atoms with Crippen molar-refractivity contribution in [1.82, 2.24) is 14.4 Å². The first-order valence-electron chi connectivity index (χ1n) is 8.03. The maximum atomic E-state index is 13.3. The van der Waals surface area contributed by atoms with Crippen LogP contribution in [0, 0.1) is 5.82 Å². The number of hydrogen-bond donors (Lipinski definition) is 0. The number of halogens is 1. The van der Waals surface area contributed by atoms with Gasteiger partial charge in [-0.05, 0) is 24.3 Å². The molecular weight excluding hydrogens is 325 g/mol. The molecule has 7 heteroatoms. The molecule has 0 spiro atoms. The lowest BCUT2D eigenvalue weighted by Gasteiger charge is -2.35. The molecule has 1 aromatic heterocycles. The van der Waals surface area contributed by atoms with Gasteiger partial charge in [-0.3, -0.25) is 14.4 Å². The largest absolute Gasteiger partial charge is 0.338 e. The molecule has 0 unspecified atom stereocenters. The van der Waals surface area contributed by atoms with Crippen molar-refractivity contribution in [2.45, 2.75) is 6.54 Å². The van der Waals surface area contributed by atoms with E-state index in [0.29, 0.717) is 31.7 Å². The number of amides is 2. The highest BCUT2D eigenvalue weighted by Crippen LogP contribution is 2.11. The molecule has 25 heavy (non-hydrogen) atoms. The summed E-state index contributed by atoms with van der Waals surface area (Å²) in [7, 11) is 0. The zero-order valence-electron chi connectivity index (χ0n) is 13.6. The standard InChI is InChI=1S/C18H18FN3O3/c19-15-5-3-4-14(12-15)18(25)21-10-8-20(9-11-21)17(24)13-22-7-2-1-6-16(22)23/h1-7,12H,8-11,13H2. The monoisotopic (exact) mass is 343 g/mol. The second-order valence-corrected chi connectivity index (χ2v) is 5.85. The van der Waals surface area contributed by atoms with Gasteiger partial charge in [-0.25, -0.2) is 4.39 Å². The Kier molecular flexibility index (Phi) is 4.92. The molecule has 6 nitrogen and oxygen atoms in total. The van der Waals surface area contributed by atoms with E-state index in [1.807, 2.05) is 0 Å². The van der Waals surface area contributed by atoms with E-state index in [2.05, 4.69) is 0 Å². The van der Waals surface area contributed by atoms with Crippen LogP contribution in [0.5, 0.6) is 0 Å². The lowest BCUT2D eigenvalue weighted by atomic mass is 10.1. The average Bonchev–Trinajstić information content (AvgIpc) is 2.63. The quantitative estimate of drug-likeness (QED) is 0.834. The summed E-state index contributed by atoms with van der Waals surface area (Å²) < 4.78 is 14.6. The van der Waals surface area contributed by atoms with Crippen molar-refractivity contribution in [3.8, 4) is 0 Å². The SMILES string of the molecule is O=C(Cn1ccccc1=O)N1CCN(C(=O)c2cccc(F)c2)CC1. The maximum absolute atomic E-state index is 13.3. The zero-order valence-corrected chi connectivity index (χ0v) is 13.6. The zero-order chi connectivity index (χ0) is 17.8. The van der Waals surface area contributed by atoms with Crippen molar-refractivity contribution in [3.05, 3.63) is 70.4 Å². The van der Waals surface area contributed by atoms with E-state index < -0.39 is 5.82 Å². The molecule has 1 aliphatic rings. The number of hydrogen-bond acceptors (Lipinski definition) is 3. The molecule has 1 saturated heterocycles. The highest BCUT2D eigenvalue weighted by atomic mass is 19.1. The molecule has 3 rings (SSSR count). The molecule has 0 saturated carbocycles. The fourth-order valence-corrected chi connectivity index (χ4v) is 2.80. The van der Waals surface area contributed by atoms with Crippen LogP contribution in [0.15, 0.2) is 53.5 Å². The number of nitrogens with zero attached hydrogens (tertiary/aromatic N) is 3. The first-order chi connectivity index (χ1) is 12.0. The summed E-state index contributed by atoms with van der Waals surface area (Å²) in [5, 5.41) is 0. The molecule has 0 bridgehead atoms. The van der Waals surface area contributed by atoms with Crippen molar-refractivity contribution in [2.75, 3.05) is 26.2 Å². The molecule has 0 N–H and O–H groups in total. The minimum Gasteiger partial charge on any atom is -0.338 e. The molecule has 2 heterocycles. The lowest BCUT2D eigenvalue weighted by molar-refractivity contribution is -0.133. The smallest absolute Gasteiger partial charge is 0.254 e. The van der Waals surface area contributed by atoms with Crippen molar-refractivity contribution in [2.24, 2.45) is 0 Å². The van der Waals surface area contributed by atoms with E-state index in [-0.39, 0.29) is 23.9 Å². The van der Waals surface area contributed by atoms with Crippen molar-refractivity contribution >= 4 is 11.8 Å². The molecule has 0 atom stereocenters. The van der Waals surface area contributed by atoms with Crippen LogP contribution in [0.1, 0.15) is 10.4 Å². The van der Waals surface area contributed by atoms with Crippen molar-refractivity contribution in [1.29, 1.82) is 0 Å². The number of aromatic nitrogens is 1. The van der Waals surface area contributed by atoms with E-state index in [4.69, 9.17) is 0 Å². The summed E-state index contributed by atoms with van der Waals surface area (Å²) >= 11 is 0. The van der Waals surface area contributed by atoms with Gasteiger partial charge in [-0.15, -0.1) is 0 Å². The first kappa shape index (κ1) is 16.9. The number of pyridine rings is 1. The Bertz CT molecular complexity index is 841. The first-order valence-corrected chi connectivity index (χ1v) is 8.03. The van der Waals surface area contributed by atoms with Gasteiger partial charge in [0.05, 0.1) is 0 Å². The molecule has 1 aliphatic heterocycles. The van der Waals surface area contributed by atoms with E-state index in [1.165, 1.54) is 28.8 Å². The van der Waals surface area contributed by atoms with Gasteiger partial charge in [0.15, 0.2) is 0 Å². The molecule has 2 amide bonds. The van der Waals surface area contributed by atoms with Gasteiger partial charge in [0, 0.05) is 44.0 Å². The Labute approximate surface area is 144 Å². The fourth-order valence-electron chi connectivity index (χ4n) is 2.80.